The number of hydrogen-bond acceptors (Lipinski definition) is 3. The minimum Gasteiger partial charge on any atom is -0.377 e. The summed E-state index contributed by atoms with van der Waals surface area (Å²) >= 11 is 4.42. The summed E-state index contributed by atoms with van der Waals surface area (Å²) in [6, 6.07) is 2.93. The first-order valence-corrected chi connectivity index (χ1v) is 8.69. The summed E-state index contributed by atoms with van der Waals surface area (Å²) in [5, 5.41) is 3.76. The molecule has 0 bridgehead atoms. The number of methoxy groups -OCH3 is 1. The van der Waals surface area contributed by atoms with Gasteiger partial charge in [0.2, 0.25) is 0 Å². The molecule has 2 aliphatic carbocycles. The van der Waals surface area contributed by atoms with E-state index in [4.69, 9.17) is 4.74 Å². The van der Waals surface area contributed by atoms with Gasteiger partial charge in [-0.25, -0.2) is 0 Å². The van der Waals surface area contributed by atoms with Gasteiger partial charge >= 0.3 is 0 Å². The topological polar surface area (TPSA) is 21.3 Å². The first-order chi connectivity index (χ1) is 8.72. The molecule has 1 aromatic rings. The van der Waals surface area contributed by atoms with Gasteiger partial charge in [0.25, 0.3) is 0 Å². The average molecular weight is 377 g/mol. The predicted molar refractivity (Wildman–Crippen MR) is 84.3 cm³/mol. The smallest absolute Gasteiger partial charge is 0.0802 e. The van der Waals surface area contributed by atoms with Crippen LogP contribution in [0.5, 0.6) is 0 Å². The second-order valence-corrected chi connectivity index (χ2v) is 8.53. The van der Waals surface area contributed by atoms with Gasteiger partial charge in [-0.15, -0.1) is 11.3 Å². The molecule has 3 rings (SSSR count). The Morgan fingerprint density at radius 2 is 2.33 bits per heavy atom. The van der Waals surface area contributed by atoms with Crippen LogP contribution in [0.3, 0.4) is 0 Å². The van der Waals surface area contributed by atoms with E-state index in [1.807, 2.05) is 18.4 Å². The number of halogens is 1. The highest BCUT2D eigenvalue weighted by Crippen LogP contribution is 2.38. The summed E-state index contributed by atoms with van der Waals surface area (Å²) in [5.41, 5.74) is 1.70. The fraction of sp³-hybridized carbons (Fsp3) is 0.714. The monoisotopic (exact) mass is 377 g/mol. The highest BCUT2D eigenvalue weighted by Gasteiger charge is 2.37. The van der Waals surface area contributed by atoms with Crippen molar-refractivity contribution in [1.82, 2.24) is 5.32 Å². The molecular weight excluding hydrogens is 357 g/mol. The molecule has 18 heavy (non-hydrogen) atoms. The second-order valence-electron chi connectivity index (χ2n) is 5.50. The molecule has 1 atom stereocenters. The molecule has 0 aliphatic heterocycles. The molecule has 4 heteroatoms. The molecule has 0 aromatic carbocycles. The Morgan fingerprint density at radius 3 is 3.00 bits per heavy atom. The molecule has 2 nitrogen and oxygen atoms in total. The third kappa shape index (κ3) is 2.49. The standard InChI is InChI=1S/C14H20INOS/c1-17-14(6-3-7-14)9-16-11-4-2-5-12-10(11)8-13(15)18-12/h8,11,16H,2-7,9H2,1H3. The van der Waals surface area contributed by atoms with Gasteiger partial charge in [0.05, 0.1) is 8.48 Å². The van der Waals surface area contributed by atoms with Crippen molar-refractivity contribution in [2.75, 3.05) is 13.7 Å². The van der Waals surface area contributed by atoms with Gasteiger partial charge in [-0.05, 0) is 72.7 Å². The zero-order chi connectivity index (χ0) is 12.6. The lowest BCUT2D eigenvalue weighted by molar-refractivity contribution is -0.0711. The largest absolute Gasteiger partial charge is 0.377 e. The lowest BCUT2D eigenvalue weighted by Crippen LogP contribution is -2.48. The molecule has 1 heterocycles. The van der Waals surface area contributed by atoms with Crippen LogP contribution in [0.4, 0.5) is 0 Å². The highest BCUT2D eigenvalue weighted by atomic mass is 127. The summed E-state index contributed by atoms with van der Waals surface area (Å²) in [7, 11) is 1.86. The van der Waals surface area contributed by atoms with E-state index in [1.54, 1.807) is 10.4 Å². The van der Waals surface area contributed by atoms with Crippen molar-refractivity contribution in [3.05, 3.63) is 19.4 Å². The minimum absolute atomic E-state index is 0.140. The van der Waals surface area contributed by atoms with Crippen molar-refractivity contribution in [3.63, 3.8) is 0 Å². The van der Waals surface area contributed by atoms with Crippen LogP contribution in [-0.2, 0) is 11.2 Å². The third-order valence-electron chi connectivity index (χ3n) is 4.45. The number of nitrogens with one attached hydrogen (secondary N) is 1. The van der Waals surface area contributed by atoms with Crippen LogP contribution in [-0.4, -0.2) is 19.3 Å². The van der Waals surface area contributed by atoms with Crippen LogP contribution in [0.15, 0.2) is 6.07 Å². The maximum Gasteiger partial charge on any atom is 0.0802 e. The van der Waals surface area contributed by atoms with Crippen molar-refractivity contribution in [2.24, 2.45) is 0 Å². The number of hydrogen-bond donors (Lipinski definition) is 1. The van der Waals surface area contributed by atoms with Crippen LogP contribution < -0.4 is 5.32 Å². The van der Waals surface area contributed by atoms with E-state index in [0.29, 0.717) is 6.04 Å². The molecule has 0 saturated heterocycles. The molecule has 1 N–H and O–H groups in total. The molecule has 100 valence electrons. The molecule has 1 aromatic heterocycles. The number of thiophene rings is 1. The van der Waals surface area contributed by atoms with Gasteiger partial charge < -0.3 is 10.1 Å². The molecular formula is C14H20INOS. The summed E-state index contributed by atoms with van der Waals surface area (Å²) in [6.07, 6.45) is 7.63. The lowest BCUT2D eigenvalue weighted by atomic mass is 9.79. The number of aryl methyl sites for hydroxylation is 1. The van der Waals surface area contributed by atoms with Crippen LogP contribution in [0.25, 0.3) is 0 Å². The Labute approximate surface area is 127 Å². The predicted octanol–water partition coefficient (Wildman–Crippen LogP) is 3.89. The average Bonchev–Trinajstić information content (AvgIpc) is 2.69. The summed E-state index contributed by atoms with van der Waals surface area (Å²) < 4.78 is 7.12. The SMILES string of the molecule is COC1(CNC2CCCc3sc(I)cc32)CCC1. The van der Waals surface area contributed by atoms with Crippen LogP contribution in [0.1, 0.15) is 48.6 Å². The Morgan fingerprint density at radius 1 is 1.50 bits per heavy atom. The van der Waals surface area contributed by atoms with E-state index < -0.39 is 0 Å². The maximum absolute atomic E-state index is 5.70. The van der Waals surface area contributed by atoms with Gasteiger partial charge in [0.15, 0.2) is 0 Å². The fourth-order valence-corrected chi connectivity index (χ4v) is 5.19. The van der Waals surface area contributed by atoms with Crippen LogP contribution in [0.2, 0.25) is 0 Å². The Balaban J connectivity index is 1.67. The lowest BCUT2D eigenvalue weighted by Gasteiger charge is -2.42. The Hall–Kier alpha value is 0.350. The van der Waals surface area contributed by atoms with E-state index in [2.05, 4.69) is 34.0 Å². The second kappa shape index (κ2) is 5.38. The van der Waals surface area contributed by atoms with Crippen molar-refractivity contribution in [2.45, 2.75) is 50.2 Å². The fourth-order valence-electron chi connectivity index (χ4n) is 3.07. The molecule has 0 radical (unpaired) electrons. The van der Waals surface area contributed by atoms with Gasteiger partial charge in [-0.2, -0.15) is 0 Å². The third-order valence-corrected chi connectivity index (χ3v) is 6.42. The van der Waals surface area contributed by atoms with E-state index in [9.17, 15) is 0 Å². The summed E-state index contributed by atoms with van der Waals surface area (Å²) in [4.78, 5) is 1.60. The first-order valence-electron chi connectivity index (χ1n) is 6.79. The van der Waals surface area contributed by atoms with Crippen molar-refractivity contribution in [3.8, 4) is 0 Å². The Bertz CT molecular complexity index is 422. The maximum atomic E-state index is 5.70. The molecule has 1 saturated carbocycles. The number of fused-ring (bicyclic) bond motifs is 1. The highest BCUT2D eigenvalue weighted by molar-refractivity contribution is 14.1. The van der Waals surface area contributed by atoms with E-state index >= 15 is 0 Å². The zero-order valence-electron chi connectivity index (χ0n) is 10.8. The van der Waals surface area contributed by atoms with Crippen molar-refractivity contribution >= 4 is 33.9 Å². The van der Waals surface area contributed by atoms with Gasteiger partial charge in [-0.1, -0.05) is 0 Å². The quantitative estimate of drug-likeness (QED) is 0.804. The molecule has 0 spiro atoms. The summed E-state index contributed by atoms with van der Waals surface area (Å²) in [6.45, 7) is 1.01. The minimum atomic E-state index is 0.140. The van der Waals surface area contributed by atoms with Gasteiger partial charge in [0.1, 0.15) is 0 Å². The molecule has 2 aliphatic rings. The normalized spacial score (nSPS) is 25.6. The number of ether oxygens (including phenoxy) is 1. The zero-order valence-corrected chi connectivity index (χ0v) is 13.8. The summed E-state index contributed by atoms with van der Waals surface area (Å²) in [5.74, 6) is 0. The molecule has 1 unspecified atom stereocenters. The van der Waals surface area contributed by atoms with Crippen LogP contribution >= 0.6 is 33.9 Å². The van der Waals surface area contributed by atoms with Crippen molar-refractivity contribution < 1.29 is 4.74 Å². The number of rotatable bonds is 4. The van der Waals surface area contributed by atoms with Crippen molar-refractivity contribution in [1.29, 1.82) is 0 Å². The first kappa shape index (κ1) is 13.3. The van der Waals surface area contributed by atoms with E-state index in [1.165, 1.54) is 41.4 Å². The Kier molecular flexibility index (Phi) is 3.99. The van der Waals surface area contributed by atoms with Gasteiger partial charge in [-0.3, -0.25) is 0 Å². The molecule has 0 amide bonds. The molecule has 1 fully saturated rings. The van der Waals surface area contributed by atoms with E-state index in [-0.39, 0.29) is 5.60 Å². The van der Waals surface area contributed by atoms with Gasteiger partial charge in [0, 0.05) is 24.6 Å². The van der Waals surface area contributed by atoms with E-state index in [0.717, 1.165) is 6.54 Å². The van der Waals surface area contributed by atoms with Crippen LogP contribution in [0, 0.1) is 2.88 Å².